The van der Waals surface area contributed by atoms with Crippen LogP contribution in [0.1, 0.15) is 24.8 Å². The third-order valence-electron chi connectivity index (χ3n) is 5.10. The number of nitrogens with one attached hydrogen (secondary N) is 1. The molecule has 1 unspecified atom stereocenters. The highest BCUT2D eigenvalue weighted by molar-refractivity contribution is 5.82. The third kappa shape index (κ3) is 3.17. The van der Waals surface area contributed by atoms with Gasteiger partial charge in [0.2, 0.25) is 5.91 Å². The number of hydrogen-bond donors (Lipinski definition) is 1. The SMILES string of the molecule is COCCN(Cc1cnn(C)c1)C(=O)C1CC12CCNCC2. The third-order valence-corrected chi connectivity index (χ3v) is 5.10. The molecule has 2 heterocycles. The number of aromatic nitrogens is 2. The first-order chi connectivity index (χ1) is 10.6. The molecule has 2 aliphatic rings. The zero-order valence-electron chi connectivity index (χ0n) is 13.5. The Bertz CT molecular complexity index is 522. The van der Waals surface area contributed by atoms with E-state index in [1.807, 2.05) is 24.3 Å². The Morgan fingerprint density at radius 3 is 2.95 bits per heavy atom. The number of carbonyl (C=O) groups excluding carboxylic acids is 1. The van der Waals surface area contributed by atoms with Gasteiger partial charge < -0.3 is 15.0 Å². The summed E-state index contributed by atoms with van der Waals surface area (Å²) in [6, 6.07) is 0. The van der Waals surface area contributed by atoms with Crippen LogP contribution in [0.5, 0.6) is 0 Å². The normalized spacial score (nSPS) is 22.7. The number of piperidine rings is 1. The summed E-state index contributed by atoms with van der Waals surface area (Å²) in [6.45, 7) is 3.94. The number of rotatable bonds is 6. The Kier molecular flexibility index (Phi) is 4.49. The predicted octanol–water partition coefficient (Wildman–Crippen LogP) is 0.785. The Hall–Kier alpha value is -1.40. The van der Waals surface area contributed by atoms with Gasteiger partial charge in [-0.3, -0.25) is 9.48 Å². The molecule has 1 aromatic heterocycles. The van der Waals surface area contributed by atoms with E-state index in [-0.39, 0.29) is 11.3 Å². The highest BCUT2D eigenvalue weighted by Crippen LogP contribution is 2.59. The number of aryl methyl sites for hydroxylation is 1. The van der Waals surface area contributed by atoms with Gasteiger partial charge in [-0.1, -0.05) is 0 Å². The van der Waals surface area contributed by atoms with E-state index in [1.165, 1.54) is 0 Å². The molecule has 1 saturated carbocycles. The van der Waals surface area contributed by atoms with Crippen molar-refractivity contribution in [2.45, 2.75) is 25.8 Å². The van der Waals surface area contributed by atoms with E-state index >= 15 is 0 Å². The molecular weight excluding hydrogens is 280 g/mol. The maximum atomic E-state index is 12.9. The van der Waals surface area contributed by atoms with Crippen molar-refractivity contribution in [3.8, 4) is 0 Å². The second kappa shape index (κ2) is 6.38. The van der Waals surface area contributed by atoms with E-state index in [4.69, 9.17) is 4.74 Å². The first-order valence-corrected chi connectivity index (χ1v) is 8.10. The summed E-state index contributed by atoms with van der Waals surface area (Å²) < 4.78 is 6.96. The van der Waals surface area contributed by atoms with Gasteiger partial charge in [-0.05, 0) is 37.8 Å². The lowest BCUT2D eigenvalue weighted by Crippen LogP contribution is -2.37. The average molecular weight is 306 g/mol. The predicted molar refractivity (Wildman–Crippen MR) is 83.1 cm³/mol. The molecule has 1 aromatic rings. The Morgan fingerprint density at radius 2 is 2.32 bits per heavy atom. The number of methoxy groups -OCH3 is 1. The summed E-state index contributed by atoms with van der Waals surface area (Å²) in [5.74, 6) is 0.505. The molecule has 1 atom stereocenters. The molecule has 1 amide bonds. The van der Waals surface area contributed by atoms with Crippen LogP contribution in [0, 0.1) is 11.3 Å². The fourth-order valence-electron chi connectivity index (χ4n) is 3.64. The summed E-state index contributed by atoms with van der Waals surface area (Å²) in [5, 5.41) is 7.58. The minimum Gasteiger partial charge on any atom is -0.383 e. The molecular formula is C16H26N4O2. The lowest BCUT2D eigenvalue weighted by Gasteiger charge is -2.26. The minimum atomic E-state index is 0.211. The van der Waals surface area contributed by atoms with E-state index in [9.17, 15) is 4.79 Å². The van der Waals surface area contributed by atoms with Crippen LogP contribution in [0.15, 0.2) is 12.4 Å². The number of carbonyl (C=O) groups is 1. The smallest absolute Gasteiger partial charge is 0.226 e. The van der Waals surface area contributed by atoms with Crippen LogP contribution in [0.2, 0.25) is 0 Å². The van der Waals surface area contributed by atoms with E-state index in [0.717, 1.165) is 37.9 Å². The van der Waals surface area contributed by atoms with E-state index < -0.39 is 0 Å². The lowest BCUT2D eigenvalue weighted by atomic mass is 9.91. The van der Waals surface area contributed by atoms with Crippen LogP contribution < -0.4 is 5.32 Å². The van der Waals surface area contributed by atoms with Gasteiger partial charge in [-0.15, -0.1) is 0 Å². The van der Waals surface area contributed by atoms with Crippen molar-refractivity contribution < 1.29 is 9.53 Å². The summed E-state index contributed by atoms with van der Waals surface area (Å²) in [4.78, 5) is 14.9. The van der Waals surface area contributed by atoms with Gasteiger partial charge in [0.15, 0.2) is 0 Å². The molecule has 2 fully saturated rings. The van der Waals surface area contributed by atoms with Crippen LogP contribution in [0.25, 0.3) is 0 Å². The van der Waals surface area contributed by atoms with E-state index in [2.05, 4.69) is 10.4 Å². The second-order valence-electron chi connectivity index (χ2n) is 6.64. The molecule has 3 rings (SSSR count). The van der Waals surface area contributed by atoms with Gasteiger partial charge in [0.1, 0.15) is 0 Å². The van der Waals surface area contributed by atoms with Gasteiger partial charge in [-0.25, -0.2) is 0 Å². The molecule has 6 nitrogen and oxygen atoms in total. The highest BCUT2D eigenvalue weighted by Gasteiger charge is 2.58. The van der Waals surface area contributed by atoms with E-state index in [0.29, 0.717) is 25.6 Å². The second-order valence-corrected chi connectivity index (χ2v) is 6.64. The van der Waals surface area contributed by atoms with Gasteiger partial charge in [0.05, 0.1) is 12.8 Å². The van der Waals surface area contributed by atoms with E-state index in [1.54, 1.807) is 11.8 Å². The average Bonchev–Trinajstić information content (AvgIpc) is 3.04. The van der Waals surface area contributed by atoms with Crippen LogP contribution >= 0.6 is 0 Å². The quantitative estimate of drug-likeness (QED) is 0.844. The number of ether oxygens (including phenoxy) is 1. The summed E-state index contributed by atoms with van der Waals surface area (Å²) in [6.07, 6.45) is 7.13. The van der Waals surface area contributed by atoms with Crippen molar-refractivity contribution >= 4 is 5.91 Å². The molecule has 6 heteroatoms. The monoisotopic (exact) mass is 306 g/mol. The number of amides is 1. The fourth-order valence-corrected chi connectivity index (χ4v) is 3.64. The maximum Gasteiger partial charge on any atom is 0.226 e. The Balaban J connectivity index is 1.65. The van der Waals surface area contributed by atoms with Gasteiger partial charge in [-0.2, -0.15) is 5.10 Å². The van der Waals surface area contributed by atoms with Crippen molar-refractivity contribution in [3.05, 3.63) is 18.0 Å². The van der Waals surface area contributed by atoms with Crippen molar-refractivity contribution in [1.82, 2.24) is 20.0 Å². The highest BCUT2D eigenvalue weighted by atomic mass is 16.5. The zero-order chi connectivity index (χ0) is 15.6. The zero-order valence-corrected chi connectivity index (χ0v) is 13.5. The maximum absolute atomic E-state index is 12.9. The molecule has 0 bridgehead atoms. The van der Waals surface area contributed by atoms with Crippen molar-refractivity contribution in [3.63, 3.8) is 0 Å². The molecule has 1 spiro atoms. The van der Waals surface area contributed by atoms with Crippen LogP contribution in [0.3, 0.4) is 0 Å². The first kappa shape index (κ1) is 15.5. The molecule has 122 valence electrons. The van der Waals surface area contributed by atoms with Crippen LogP contribution in [-0.4, -0.2) is 53.9 Å². The van der Waals surface area contributed by atoms with Gasteiger partial charge in [0, 0.05) is 44.9 Å². The van der Waals surface area contributed by atoms with Crippen molar-refractivity contribution in [2.75, 3.05) is 33.4 Å². The molecule has 1 aliphatic heterocycles. The fraction of sp³-hybridized carbons (Fsp3) is 0.750. The Labute approximate surface area is 131 Å². The molecule has 1 aliphatic carbocycles. The summed E-state index contributed by atoms with van der Waals surface area (Å²) in [7, 11) is 3.58. The molecule has 0 aromatic carbocycles. The van der Waals surface area contributed by atoms with Crippen molar-refractivity contribution in [1.29, 1.82) is 0 Å². The molecule has 1 N–H and O–H groups in total. The topological polar surface area (TPSA) is 59.4 Å². The van der Waals surface area contributed by atoms with Gasteiger partial charge in [0.25, 0.3) is 0 Å². The number of hydrogen-bond acceptors (Lipinski definition) is 4. The van der Waals surface area contributed by atoms with Crippen LogP contribution in [-0.2, 0) is 23.1 Å². The van der Waals surface area contributed by atoms with Crippen LogP contribution in [0.4, 0.5) is 0 Å². The first-order valence-electron chi connectivity index (χ1n) is 8.10. The lowest BCUT2D eigenvalue weighted by molar-refractivity contribution is -0.135. The largest absolute Gasteiger partial charge is 0.383 e. The summed E-state index contributed by atoms with van der Waals surface area (Å²) in [5.41, 5.74) is 1.36. The molecule has 1 saturated heterocycles. The minimum absolute atomic E-state index is 0.211. The molecule has 22 heavy (non-hydrogen) atoms. The number of nitrogens with zero attached hydrogens (tertiary/aromatic N) is 3. The van der Waals surface area contributed by atoms with Gasteiger partial charge >= 0.3 is 0 Å². The van der Waals surface area contributed by atoms with Crippen molar-refractivity contribution in [2.24, 2.45) is 18.4 Å². The summed E-state index contributed by atoms with van der Waals surface area (Å²) >= 11 is 0. The standard InChI is InChI=1S/C16H26N4O2/c1-19-11-13(10-18-19)12-20(7-8-22-2)15(21)14-9-16(14)3-5-17-6-4-16/h10-11,14,17H,3-9,12H2,1-2H3. The Morgan fingerprint density at radius 1 is 1.55 bits per heavy atom. The molecule has 0 radical (unpaired) electrons.